The molecule has 1 aromatic rings. The smallest absolute Gasteiger partial charge is 0.293 e. The Morgan fingerprint density at radius 3 is 2.89 bits per heavy atom. The van der Waals surface area contributed by atoms with Gasteiger partial charge in [-0.1, -0.05) is 5.16 Å². The Kier molecular flexibility index (Phi) is 3.57. The van der Waals surface area contributed by atoms with Gasteiger partial charge in [0.05, 0.1) is 12.3 Å². The molecule has 7 heteroatoms. The van der Waals surface area contributed by atoms with Gasteiger partial charge in [0.1, 0.15) is 5.54 Å². The van der Waals surface area contributed by atoms with Gasteiger partial charge in [-0.25, -0.2) is 0 Å². The Morgan fingerprint density at radius 1 is 1.63 bits per heavy atom. The van der Waals surface area contributed by atoms with E-state index in [9.17, 15) is 9.59 Å². The number of carbonyl (C=O) groups excluding carboxylic acids is 2. The molecule has 19 heavy (non-hydrogen) atoms. The second-order valence-corrected chi connectivity index (χ2v) is 4.72. The Balaban J connectivity index is 2.31. The van der Waals surface area contributed by atoms with Crippen molar-refractivity contribution in [2.75, 3.05) is 20.3 Å². The highest BCUT2D eigenvalue weighted by molar-refractivity contribution is 5.97. The molecule has 0 saturated carbocycles. The van der Waals surface area contributed by atoms with Gasteiger partial charge in [0.2, 0.25) is 11.7 Å². The van der Waals surface area contributed by atoms with E-state index in [1.54, 1.807) is 13.0 Å². The Labute approximate surface area is 110 Å². The van der Waals surface area contributed by atoms with Crippen LogP contribution in [0.5, 0.6) is 0 Å². The lowest BCUT2D eigenvalue weighted by Gasteiger charge is -2.34. The standard InChI is InChI=1S/C12H17N3O4/c1-8-6-9(19-14-8)10(16)15-5-3-4-12(15,7-18-2)11(13)17/h6H,3-5,7H2,1-2H3,(H2,13,17). The van der Waals surface area contributed by atoms with Gasteiger partial charge in [0.25, 0.3) is 5.91 Å². The van der Waals surface area contributed by atoms with Crippen LogP contribution in [0.4, 0.5) is 0 Å². The summed E-state index contributed by atoms with van der Waals surface area (Å²) in [5.74, 6) is -0.827. The van der Waals surface area contributed by atoms with E-state index in [1.165, 1.54) is 12.0 Å². The summed E-state index contributed by atoms with van der Waals surface area (Å²) in [6, 6.07) is 1.54. The summed E-state index contributed by atoms with van der Waals surface area (Å²) < 4.78 is 10.0. The van der Waals surface area contributed by atoms with Crippen molar-refractivity contribution in [2.45, 2.75) is 25.3 Å². The predicted molar refractivity (Wildman–Crippen MR) is 65.3 cm³/mol. The average molecular weight is 267 g/mol. The van der Waals surface area contributed by atoms with Gasteiger partial charge >= 0.3 is 0 Å². The van der Waals surface area contributed by atoms with Crippen LogP contribution >= 0.6 is 0 Å². The van der Waals surface area contributed by atoms with Crippen LogP contribution < -0.4 is 5.73 Å². The monoisotopic (exact) mass is 267 g/mol. The molecule has 0 radical (unpaired) electrons. The number of aromatic nitrogens is 1. The Bertz CT molecular complexity index is 499. The fraction of sp³-hybridized carbons (Fsp3) is 0.583. The number of amides is 2. The van der Waals surface area contributed by atoms with Crippen LogP contribution in [0.25, 0.3) is 0 Å². The van der Waals surface area contributed by atoms with Crippen LogP contribution in [-0.2, 0) is 9.53 Å². The van der Waals surface area contributed by atoms with Crippen LogP contribution in [0.1, 0.15) is 29.1 Å². The van der Waals surface area contributed by atoms with Gasteiger partial charge in [-0.15, -0.1) is 0 Å². The summed E-state index contributed by atoms with van der Waals surface area (Å²) in [7, 11) is 1.48. The summed E-state index contributed by atoms with van der Waals surface area (Å²) in [4.78, 5) is 25.6. The maximum atomic E-state index is 12.4. The molecule has 1 unspecified atom stereocenters. The van der Waals surface area contributed by atoms with Crippen molar-refractivity contribution in [1.29, 1.82) is 0 Å². The topological polar surface area (TPSA) is 98.7 Å². The lowest BCUT2D eigenvalue weighted by atomic mass is 9.96. The maximum Gasteiger partial charge on any atom is 0.293 e. The van der Waals surface area contributed by atoms with Gasteiger partial charge in [-0.05, 0) is 19.8 Å². The minimum Gasteiger partial charge on any atom is -0.382 e. The van der Waals surface area contributed by atoms with E-state index in [0.29, 0.717) is 25.1 Å². The highest BCUT2D eigenvalue weighted by Crippen LogP contribution is 2.31. The van der Waals surface area contributed by atoms with Crippen molar-refractivity contribution >= 4 is 11.8 Å². The molecule has 1 aliphatic heterocycles. The van der Waals surface area contributed by atoms with E-state index in [-0.39, 0.29) is 18.3 Å². The second kappa shape index (κ2) is 5.00. The molecule has 1 aromatic heterocycles. The molecule has 0 aliphatic carbocycles. The first-order valence-electron chi connectivity index (χ1n) is 6.05. The molecule has 1 fully saturated rings. The quantitative estimate of drug-likeness (QED) is 0.833. The zero-order chi connectivity index (χ0) is 14.0. The van der Waals surface area contributed by atoms with Crippen molar-refractivity contribution in [3.8, 4) is 0 Å². The largest absolute Gasteiger partial charge is 0.382 e. The number of rotatable bonds is 4. The lowest BCUT2D eigenvalue weighted by Crippen LogP contribution is -2.58. The van der Waals surface area contributed by atoms with Crippen LogP contribution in [0, 0.1) is 6.92 Å². The molecule has 7 nitrogen and oxygen atoms in total. The van der Waals surface area contributed by atoms with Gasteiger partial charge in [-0.2, -0.15) is 0 Å². The molecule has 2 amide bonds. The minimum absolute atomic E-state index is 0.0845. The van der Waals surface area contributed by atoms with E-state index in [0.717, 1.165) is 0 Å². The van der Waals surface area contributed by atoms with Crippen molar-refractivity contribution < 1.29 is 18.8 Å². The minimum atomic E-state index is -1.09. The molecule has 104 valence electrons. The normalized spacial score (nSPS) is 22.7. The SMILES string of the molecule is COCC1(C(N)=O)CCCN1C(=O)c1cc(C)no1. The first-order chi connectivity index (χ1) is 9.01. The molecule has 2 N–H and O–H groups in total. The molecule has 1 aliphatic rings. The second-order valence-electron chi connectivity index (χ2n) is 4.72. The van der Waals surface area contributed by atoms with Crippen molar-refractivity contribution in [1.82, 2.24) is 10.1 Å². The number of primary amides is 1. The fourth-order valence-corrected chi connectivity index (χ4v) is 2.49. The van der Waals surface area contributed by atoms with E-state index < -0.39 is 11.4 Å². The van der Waals surface area contributed by atoms with Crippen LogP contribution in [0.2, 0.25) is 0 Å². The molecule has 2 heterocycles. The highest BCUT2D eigenvalue weighted by Gasteiger charge is 2.49. The summed E-state index contributed by atoms with van der Waals surface area (Å²) in [6.07, 6.45) is 1.19. The number of likely N-dealkylation sites (tertiary alicyclic amines) is 1. The number of hydrogen-bond acceptors (Lipinski definition) is 5. The van der Waals surface area contributed by atoms with E-state index in [2.05, 4.69) is 5.16 Å². The van der Waals surface area contributed by atoms with Gasteiger partial charge in [0, 0.05) is 19.7 Å². The van der Waals surface area contributed by atoms with Crippen LogP contribution in [0.15, 0.2) is 10.6 Å². The third-order valence-electron chi connectivity index (χ3n) is 3.41. The molecule has 0 spiro atoms. The maximum absolute atomic E-state index is 12.4. The van der Waals surface area contributed by atoms with Crippen molar-refractivity contribution in [2.24, 2.45) is 5.73 Å². The summed E-state index contributed by atoms with van der Waals surface area (Å²) >= 11 is 0. The summed E-state index contributed by atoms with van der Waals surface area (Å²) in [5.41, 5.74) is 4.99. The number of hydrogen-bond donors (Lipinski definition) is 1. The predicted octanol–water partition coefficient (Wildman–Crippen LogP) is 0.0895. The number of methoxy groups -OCH3 is 1. The molecular formula is C12H17N3O4. The van der Waals surface area contributed by atoms with Gasteiger partial charge in [0.15, 0.2) is 0 Å². The number of nitrogens with two attached hydrogens (primary N) is 1. The van der Waals surface area contributed by atoms with Crippen LogP contribution in [-0.4, -0.2) is 47.7 Å². The zero-order valence-corrected chi connectivity index (χ0v) is 11.0. The van der Waals surface area contributed by atoms with E-state index in [1.807, 2.05) is 0 Å². The van der Waals surface area contributed by atoms with Gasteiger partial charge < -0.3 is 19.9 Å². The molecule has 1 saturated heterocycles. The number of nitrogens with zero attached hydrogens (tertiary/aromatic N) is 2. The highest BCUT2D eigenvalue weighted by atomic mass is 16.5. The Hall–Kier alpha value is -1.89. The van der Waals surface area contributed by atoms with E-state index in [4.69, 9.17) is 15.0 Å². The fourth-order valence-electron chi connectivity index (χ4n) is 2.49. The third kappa shape index (κ3) is 2.21. The first-order valence-corrected chi connectivity index (χ1v) is 6.05. The molecular weight excluding hydrogens is 250 g/mol. The molecule has 2 rings (SSSR count). The summed E-state index contributed by atoms with van der Waals surface area (Å²) in [6.45, 7) is 2.26. The molecule has 1 atom stereocenters. The number of ether oxygens (including phenoxy) is 1. The third-order valence-corrected chi connectivity index (χ3v) is 3.41. The average Bonchev–Trinajstić information content (AvgIpc) is 2.96. The molecule has 0 bridgehead atoms. The van der Waals surface area contributed by atoms with Crippen molar-refractivity contribution in [3.63, 3.8) is 0 Å². The molecule has 0 aromatic carbocycles. The zero-order valence-electron chi connectivity index (χ0n) is 11.0. The number of carbonyl (C=O) groups is 2. The first kappa shape index (κ1) is 13.5. The van der Waals surface area contributed by atoms with Crippen LogP contribution in [0.3, 0.4) is 0 Å². The van der Waals surface area contributed by atoms with Crippen molar-refractivity contribution in [3.05, 3.63) is 17.5 Å². The van der Waals surface area contributed by atoms with E-state index >= 15 is 0 Å². The lowest BCUT2D eigenvalue weighted by molar-refractivity contribution is -0.130. The van der Waals surface area contributed by atoms with Gasteiger partial charge in [-0.3, -0.25) is 9.59 Å². The number of aryl methyl sites for hydroxylation is 1. The summed E-state index contributed by atoms with van der Waals surface area (Å²) in [5, 5.41) is 3.68. The Morgan fingerprint density at radius 2 is 2.37 bits per heavy atom.